The predicted octanol–water partition coefficient (Wildman–Crippen LogP) is 3.05. The van der Waals surface area contributed by atoms with Crippen molar-refractivity contribution in [1.82, 2.24) is 15.2 Å². The molecule has 2 aromatic rings. The average molecular weight is 283 g/mol. The Labute approximate surface area is 127 Å². The van der Waals surface area contributed by atoms with Gasteiger partial charge in [-0.3, -0.25) is 9.88 Å². The lowest BCUT2D eigenvalue weighted by atomic mass is 10.0. The molecule has 2 heterocycles. The molecule has 0 spiro atoms. The summed E-state index contributed by atoms with van der Waals surface area (Å²) in [5.74, 6) is 0.680. The third-order valence-corrected chi connectivity index (χ3v) is 4.45. The second kappa shape index (κ2) is 6.54. The van der Waals surface area contributed by atoms with Crippen LogP contribution in [0.15, 0.2) is 36.5 Å². The average Bonchev–Trinajstić information content (AvgIpc) is 2.73. The highest BCUT2D eigenvalue weighted by Crippen LogP contribution is 2.19. The van der Waals surface area contributed by atoms with Crippen molar-refractivity contribution in [3.8, 4) is 0 Å². The largest absolute Gasteiger partial charge is 0.312 e. The zero-order valence-corrected chi connectivity index (χ0v) is 13.0. The number of hydrogen-bond acceptors (Lipinski definition) is 3. The molecule has 0 radical (unpaired) electrons. The molecule has 112 valence electrons. The Morgan fingerprint density at radius 1 is 1.29 bits per heavy atom. The molecular weight excluding hydrogens is 258 g/mol. The van der Waals surface area contributed by atoms with Crippen LogP contribution >= 0.6 is 0 Å². The molecule has 1 aliphatic heterocycles. The molecule has 0 bridgehead atoms. The van der Waals surface area contributed by atoms with Crippen LogP contribution in [-0.2, 0) is 6.54 Å². The van der Waals surface area contributed by atoms with Crippen molar-refractivity contribution in [3.63, 3.8) is 0 Å². The van der Waals surface area contributed by atoms with Crippen molar-refractivity contribution in [2.75, 3.05) is 19.6 Å². The molecule has 0 saturated carbocycles. The van der Waals surface area contributed by atoms with E-state index in [1.165, 1.54) is 23.9 Å². The fraction of sp³-hybridized carbons (Fsp3) is 0.500. The number of fused-ring (bicyclic) bond motifs is 1. The van der Waals surface area contributed by atoms with E-state index in [4.69, 9.17) is 0 Å². The van der Waals surface area contributed by atoms with E-state index in [0.29, 0.717) is 12.0 Å². The Morgan fingerprint density at radius 3 is 3.00 bits per heavy atom. The number of pyridine rings is 1. The van der Waals surface area contributed by atoms with Crippen molar-refractivity contribution in [2.24, 2.45) is 5.92 Å². The summed E-state index contributed by atoms with van der Waals surface area (Å²) in [6.07, 6.45) is 3.17. The second-order valence-corrected chi connectivity index (χ2v) is 6.38. The van der Waals surface area contributed by atoms with Crippen molar-refractivity contribution < 1.29 is 0 Å². The van der Waals surface area contributed by atoms with E-state index in [0.717, 1.165) is 25.2 Å². The predicted molar refractivity (Wildman–Crippen MR) is 88.3 cm³/mol. The molecule has 1 aromatic heterocycles. The lowest BCUT2D eigenvalue weighted by Gasteiger charge is -2.27. The van der Waals surface area contributed by atoms with Gasteiger partial charge in [0, 0.05) is 30.7 Å². The number of hydrogen-bond donors (Lipinski definition) is 1. The van der Waals surface area contributed by atoms with Gasteiger partial charge in [0.25, 0.3) is 0 Å². The molecule has 1 aliphatic rings. The Morgan fingerprint density at radius 2 is 2.14 bits per heavy atom. The van der Waals surface area contributed by atoms with E-state index in [9.17, 15) is 0 Å². The second-order valence-electron chi connectivity index (χ2n) is 6.38. The summed E-state index contributed by atoms with van der Waals surface area (Å²) in [6, 6.07) is 11.2. The number of benzene rings is 1. The maximum atomic E-state index is 4.47. The molecule has 1 N–H and O–H groups in total. The standard InChI is InChI=1S/C18H25N3/c1-14(2)18-13-21(11-5-9-19-18)12-15-8-10-20-17-7-4-3-6-16(15)17/h3-4,6-8,10,14,18-19H,5,9,11-13H2,1-2H3. The summed E-state index contributed by atoms with van der Waals surface area (Å²) < 4.78 is 0. The van der Waals surface area contributed by atoms with E-state index in [1.54, 1.807) is 0 Å². The molecule has 3 heteroatoms. The van der Waals surface area contributed by atoms with Crippen molar-refractivity contribution in [2.45, 2.75) is 32.9 Å². The van der Waals surface area contributed by atoms with Gasteiger partial charge < -0.3 is 5.32 Å². The van der Waals surface area contributed by atoms with Gasteiger partial charge in [-0.2, -0.15) is 0 Å². The Balaban J connectivity index is 1.80. The van der Waals surface area contributed by atoms with Crippen molar-refractivity contribution in [1.29, 1.82) is 0 Å². The maximum absolute atomic E-state index is 4.47. The van der Waals surface area contributed by atoms with Crippen molar-refractivity contribution in [3.05, 3.63) is 42.1 Å². The number of nitrogens with zero attached hydrogens (tertiary/aromatic N) is 2. The van der Waals surface area contributed by atoms with Crippen LogP contribution in [0.3, 0.4) is 0 Å². The van der Waals surface area contributed by atoms with Gasteiger partial charge >= 0.3 is 0 Å². The maximum Gasteiger partial charge on any atom is 0.0705 e. The first-order valence-corrected chi connectivity index (χ1v) is 8.02. The van der Waals surface area contributed by atoms with Crippen LogP contribution in [0.25, 0.3) is 10.9 Å². The van der Waals surface area contributed by atoms with Gasteiger partial charge in [0.2, 0.25) is 0 Å². The molecular formula is C18H25N3. The first-order chi connectivity index (χ1) is 10.2. The highest BCUT2D eigenvalue weighted by atomic mass is 15.2. The quantitative estimate of drug-likeness (QED) is 0.938. The van der Waals surface area contributed by atoms with Gasteiger partial charge in [-0.15, -0.1) is 0 Å². The highest BCUT2D eigenvalue weighted by molar-refractivity contribution is 5.81. The van der Waals surface area contributed by atoms with Crippen LogP contribution in [0.2, 0.25) is 0 Å². The first kappa shape index (κ1) is 14.5. The third-order valence-electron chi connectivity index (χ3n) is 4.45. The molecule has 1 saturated heterocycles. The fourth-order valence-corrected chi connectivity index (χ4v) is 3.15. The summed E-state index contributed by atoms with van der Waals surface area (Å²) in [5.41, 5.74) is 2.49. The molecule has 0 aliphatic carbocycles. The number of rotatable bonds is 3. The van der Waals surface area contributed by atoms with Gasteiger partial charge in [0.05, 0.1) is 5.52 Å². The molecule has 3 rings (SSSR count). The topological polar surface area (TPSA) is 28.2 Å². The molecule has 1 unspecified atom stereocenters. The Kier molecular flexibility index (Phi) is 4.51. The summed E-state index contributed by atoms with van der Waals surface area (Å²) in [6.45, 7) is 9.08. The number of aromatic nitrogens is 1. The van der Waals surface area contributed by atoms with E-state index >= 15 is 0 Å². The first-order valence-electron chi connectivity index (χ1n) is 8.02. The van der Waals surface area contributed by atoms with Crippen LogP contribution < -0.4 is 5.32 Å². The number of nitrogens with one attached hydrogen (secondary N) is 1. The summed E-state index contributed by atoms with van der Waals surface area (Å²) in [5, 5.41) is 4.97. The highest BCUT2D eigenvalue weighted by Gasteiger charge is 2.20. The van der Waals surface area contributed by atoms with E-state index in [2.05, 4.69) is 59.4 Å². The minimum Gasteiger partial charge on any atom is -0.312 e. The molecule has 1 fully saturated rings. The minimum absolute atomic E-state index is 0.598. The lowest BCUT2D eigenvalue weighted by molar-refractivity contribution is 0.239. The van der Waals surface area contributed by atoms with Crippen LogP contribution in [0.1, 0.15) is 25.8 Å². The van der Waals surface area contributed by atoms with Crippen LogP contribution in [0.5, 0.6) is 0 Å². The summed E-state index contributed by atoms with van der Waals surface area (Å²) >= 11 is 0. The Hall–Kier alpha value is -1.45. The van der Waals surface area contributed by atoms with Gasteiger partial charge in [0.15, 0.2) is 0 Å². The van der Waals surface area contributed by atoms with Crippen molar-refractivity contribution >= 4 is 10.9 Å². The molecule has 1 atom stereocenters. The normalized spacial score (nSPS) is 20.8. The fourth-order valence-electron chi connectivity index (χ4n) is 3.15. The number of para-hydroxylation sites is 1. The van der Waals surface area contributed by atoms with E-state index in [-0.39, 0.29) is 0 Å². The van der Waals surface area contributed by atoms with Gasteiger partial charge in [-0.25, -0.2) is 0 Å². The zero-order valence-electron chi connectivity index (χ0n) is 13.0. The van der Waals surface area contributed by atoms with E-state index in [1.807, 2.05) is 6.20 Å². The molecule has 1 aromatic carbocycles. The SMILES string of the molecule is CC(C)C1CN(Cc2ccnc3ccccc23)CCCN1. The summed E-state index contributed by atoms with van der Waals surface area (Å²) in [4.78, 5) is 7.06. The zero-order chi connectivity index (χ0) is 14.7. The monoisotopic (exact) mass is 283 g/mol. The molecule has 21 heavy (non-hydrogen) atoms. The van der Waals surface area contributed by atoms with Gasteiger partial charge in [-0.05, 0) is 43.1 Å². The van der Waals surface area contributed by atoms with Crippen LogP contribution in [0.4, 0.5) is 0 Å². The smallest absolute Gasteiger partial charge is 0.0705 e. The summed E-state index contributed by atoms with van der Waals surface area (Å²) in [7, 11) is 0. The van der Waals surface area contributed by atoms with Gasteiger partial charge in [-0.1, -0.05) is 32.0 Å². The lowest BCUT2D eigenvalue weighted by Crippen LogP contribution is -2.41. The minimum atomic E-state index is 0.598. The van der Waals surface area contributed by atoms with Gasteiger partial charge in [0.1, 0.15) is 0 Å². The van der Waals surface area contributed by atoms with Crippen LogP contribution in [0, 0.1) is 5.92 Å². The van der Waals surface area contributed by atoms with E-state index < -0.39 is 0 Å². The molecule has 0 amide bonds. The van der Waals surface area contributed by atoms with Crippen LogP contribution in [-0.4, -0.2) is 35.6 Å². The third kappa shape index (κ3) is 3.42. The molecule has 3 nitrogen and oxygen atoms in total. The Bertz CT molecular complexity index is 589.